The van der Waals surface area contributed by atoms with Gasteiger partial charge >= 0.3 is 5.97 Å². The van der Waals surface area contributed by atoms with E-state index in [4.69, 9.17) is 0 Å². The van der Waals surface area contributed by atoms with Crippen LogP contribution in [0.1, 0.15) is 11.1 Å². The summed E-state index contributed by atoms with van der Waals surface area (Å²) in [6, 6.07) is 17.9. The molecule has 1 aliphatic heterocycles. The molecule has 24 heavy (non-hydrogen) atoms. The van der Waals surface area contributed by atoms with Crippen LogP contribution in [0.4, 0.5) is 5.69 Å². The van der Waals surface area contributed by atoms with E-state index >= 15 is 0 Å². The highest BCUT2D eigenvalue weighted by Crippen LogP contribution is 2.19. The molecule has 1 atom stereocenters. The number of rotatable bonds is 5. The number of nitrogens with zero attached hydrogens (tertiary/aromatic N) is 2. The van der Waals surface area contributed by atoms with Gasteiger partial charge in [-0.15, -0.1) is 0 Å². The lowest BCUT2D eigenvalue weighted by Gasteiger charge is -2.39. The number of carboxylic acid groups (broad SMARTS) is 1. The van der Waals surface area contributed by atoms with Gasteiger partial charge in [-0.05, 0) is 36.6 Å². The Kier molecular flexibility index (Phi) is 5.16. The Bertz CT molecular complexity index is 679. The van der Waals surface area contributed by atoms with Crippen LogP contribution in [0.3, 0.4) is 0 Å². The minimum Gasteiger partial charge on any atom is -0.480 e. The van der Waals surface area contributed by atoms with Gasteiger partial charge in [0.1, 0.15) is 6.04 Å². The van der Waals surface area contributed by atoms with Gasteiger partial charge in [0.25, 0.3) is 0 Å². The second-order valence-electron chi connectivity index (χ2n) is 6.34. The van der Waals surface area contributed by atoms with E-state index in [2.05, 4.69) is 21.9 Å². The van der Waals surface area contributed by atoms with Crippen LogP contribution in [0, 0.1) is 6.92 Å². The van der Waals surface area contributed by atoms with Crippen LogP contribution in [-0.2, 0) is 11.2 Å². The summed E-state index contributed by atoms with van der Waals surface area (Å²) < 4.78 is 0. The molecule has 0 amide bonds. The number of aryl methyl sites for hydroxylation is 1. The lowest BCUT2D eigenvalue weighted by molar-refractivity contribution is -0.143. The van der Waals surface area contributed by atoms with Crippen LogP contribution in [0.25, 0.3) is 0 Å². The normalized spacial score (nSPS) is 16.8. The van der Waals surface area contributed by atoms with Gasteiger partial charge in [0.15, 0.2) is 0 Å². The van der Waals surface area contributed by atoms with Crippen molar-refractivity contribution in [2.24, 2.45) is 0 Å². The topological polar surface area (TPSA) is 43.8 Å². The molecular weight excluding hydrogens is 300 g/mol. The highest BCUT2D eigenvalue weighted by molar-refractivity contribution is 5.74. The lowest BCUT2D eigenvalue weighted by atomic mass is 9.99. The number of hydrogen-bond donors (Lipinski definition) is 1. The Morgan fingerprint density at radius 2 is 1.62 bits per heavy atom. The quantitative estimate of drug-likeness (QED) is 0.918. The highest BCUT2D eigenvalue weighted by Gasteiger charge is 2.29. The third kappa shape index (κ3) is 3.77. The van der Waals surface area contributed by atoms with E-state index in [1.165, 1.54) is 5.69 Å². The fourth-order valence-corrected chi connectivity index (χ4v) is 3.35. The summed E-state index contributed by atoms with van der Waals surface area (Å²) in [6.07, 6.45) is 0.563. The van der Waals surface area contributed by atoms with Crippen molar-refractivity contribution in [2.45, 2.75) is 19.4 Å². The molecule has 0 aromatic heterocycles. The van der Waals surface area contributed by atoms with Crippen LogP contribution >= 0.6 is 0 Å². The zero-order valence-corrected chi connectivity index (χ0v) is 14.1. The van der Waals surface area contributed by atoms with Crippen molar-refractivity contribution in [3.8, 4) is 0 Å². The van der Waals surface area contributed by atoms with Crippen molar-refractivity contribution in [1.82, 2.24) is 4.90 Å². The van der Waals surface area contributed by atoms with Gasteiger partial charge < -0.3 is 10.0 Å². The maximum absolute atomic E-state index is 11.8. The monoisotopic (exact) mass is 324 g/mol. The molecule has 2 aromatic carbocycles. The number of hydrogen-bond acceptors (Lipinski definition) is 3. The summed E-state index contributed by atoms with van der Waals surface area (Å²) in [5.41, 5.74) is 3.49. The molecule has 2 aromatic rings. The molecule has 3 rings (SSSR count). The van der Waals surface area contributed by atoms with Crippen molar-refractivity contribution in [2.75, 3.05) is 31.1 Å². The van der Waals surface area contributed by atoms with E-state index in [0.29, 0.717) is 6.42 Å². The van der Waals surface area contributed by atoms with Gasteiger partial charge in [-0.25, -0.2) is 0 Å². The molecule has 0 radical (unpaired) electrons. The Morgan fingerprint density at radius 3 is 2.25 bits per heavy atom. The molecule has 4 heteroatoms. The highest BCUT2D eigenvalue weighted by atomic mass is 16.4. The maximum atomic E-state index is 11.8. The molecule has 0 aliphatic carbocycles. The summed E-state index contributed by atoms with van der Waals surface area (Å²) in [7, 11) is 0. The molecule has 1 unspecified atom stereocenters. The first kappa shape index (κ1) is 16.5. The minimum atomic E-state index is -0.730. The fraction of sp³-hybridized carbons (Fsp3) is 0.350. The first-order chi connectivity index (χ1) is 11.6. The van der Waals surface area contributed by atoms with Crippen molar-refractivity contribution in [3.05, 3.63) is 65.7 Å². The van der Waals surface area contributed by atoms with Gasteiger partial charge in [-0.1, -0.05) is 42.5 Å². The van der Waals surface area contributed by atoms with Crippen molar-refractivity contribution >= 4 is 11.7 Å². The molecule has 0 bridgehead atoms. The summed E-state index contributed by atoms with van der Waals surface area (Å²) in [6.45, 7) is 5.32. The molecule has 4 nitrogen and oxygen atoms in total. The third-order valence-corrected chi connectivity index (χ3v) is 4.84. The number of anilines is 1. The molecular formula is C20H24N2O2. The van der Waals surface area contributed by atoms with Crippen LogP contribution in [0.2, 0.25) is 0 Å². The molecule has 0 saturated carbocycles. The number of piperazine rings is 1. The minimum absolute atomic E-state index is 0.455. The first-order valence-corrected chi connectivity index (χ1v) is 8.46. The summed E-state index contributed by atoms with van der Waals surface area (Å²) in [5, 5.41) is 9.71. The SMILES string of the molecule is Cc1ccccc1CC(C(=O)O)N1CCN(c2ccccc2)CC1. The Hall–Kier alpha value is -2.33. The Balaban J connectivity index is 1.66. The predicted octanol–water partition coefficient (Wildman–Crippen LogP) is 2.81. The molecule has 1 N–H and O–H groups in total. The number of carboxylic acids is 1. The van der Waals surface area contributed by atoms with Gasteiger partial charge in [-0.3, -0.25) is 9.69 Å². The Morgan fingerprint density at radius 1 is 1.00 bits per heavy atom. The van der Waals surface area contributed by atoms with Gasteiger partial charge in [0.2, 0.25) is 0 Å². The van der Waals surface area contributed by atoms with Gasteiger partial charge in [0, 0.05) is 31.9 Å². The average molecular weight is 324 g/mol. The second-order valence-corrected chi connectivity index (χ2v) is 6.34. The smallest absolute Gasteiger partial charge is 0.321 e. The van der Waals surface area contributed by atoms with Crippen LogP contribution in [0.5, 0.6) is 0 Å². The molecule has 0 spiro atoms. The molecule has 1 aliphatic rings. The van der Waals surface area contributed by atoms with Crippen molar-refractivity contribution in [3.63, 3.8) is 0 Å². The zero-order chi connectivity index (χ0) is 16.9. The van der Waals surface area contributed by atoms with Crippen LogP contribution in [-0.4, -0.2) is 48.2 Å². The van der Waals surface area contributed by atoms with E-state index in [9.17, 15) is 9.90 Å². The molecule has 1 saturated heterocycles. The van der Waals surface area contributed by atoms with Gasteiger partial charge in [0.05, 0.1) is 0 Å². The lowest BCUT2D eigenvalue weighted by Crippen LogP contribution is -2.53. The Labute approximate surface area is 143 Å². The number of carbonyl (C=O) groups is 1. The van der Waals surface area contributed by atoms with Gasteiger partial charge in [-0.2, -0.15) is 0 Å². The van der Waals surface area contributed by atoms with E-state index in [0.717, 1.165) is 37.3 Å². The first-order valence-electron chi connectivity index (χ1n) is 8.46. The maximum Gasteiger partial charge on any atom is 0.321 e. The molecule has 1 heterocycles. The summed E-state index contributed by atoms with van der Waals surface area (Å²) in [5.74, 6) is -0.730. The van der Waals surface area contributed by atoms with Crippen molar-refractivity contribution in [1.29, 1.82) is 0 Å². The fourth-order valence-electron chi connectivity index (χ4n) is 3.35. The molecule has 126 valence electrons. The second kappa shape index (κ2) is 7.49. The summed E-state index contributed by atoms with van der Waals surface area (Å²) in [4.78, 5) is 16.2. The number of benzene rings is 2. The standard InChI is InChI=1S/C20H24N2O2/c1-16-7-5-6-8-17(16)15-19(20(23)24)22-13-11-21(12-14-22)18-9-3-2-4-10-18/h2-10,19H,11-15H2,1H3,(H,23,24). The zero-order valence-electron chi connectivity index (χ0n) is 14.1. The number of para-hydroxylation sites is 1. The van der Waals surface area contributed by atoms with E-state index < -0.39 is 12.0 Å². The average Bonchev–Trinajstić information content (AvgIpc) is 2.62. The predicted molar refractivity (Wildman–Crippen MR) is 96.5 cm³/mol. The third-order valence-electron chi connectivity index (χ3n) is 4.84. The van der Waals surface area contributed by atoms with Crippen molar-refractivity contribution < 1.29 is 9.90 Å². The van der Waals surface area contributed by atoms with E-state index in [1.54, 1.807) is 0 Å². The van der Waals surface area contributed by atoms with E-state index in [1.807, 2.05) is 49.4 Å². The molecule has 1 fully saturated rings. The summed E-state index contributed by atoms with van der Waals surface area (Å²) >= 11 is 0. The van der Waals surface area contributed by atoms with E-state index in [-0.39, 0.29) is 0 Å². The number of aliphatic carboxylic acids is 1. The van der Waals surface area contributed by atoms with Crippen LogP contribution in [0.15, 0.2) is 54.6 Å². The largest absolute Gasteiger partial charge is 0.480 e. The van der Waals surface area contributed by atoms with Crippen LogP contribution < -0.4 is 4.90 Å².